The Morgan fingerprint density at radius 2 is 1.90 bits per heavy atom. The molecule has 2 aromatic carbocycles. The lowest BCUT2D eigenvalue weighted by Crippen LogP contribution is -2.42. The molecular formula is C25H31NO4. The Kier molecular flexibility index (Phi) is 5.27. The SMILES string of the molecule is Cc1cc(C(O)CCC(C)(C)CCN2C(=O)OC3(CC3)c3ccccc32)ccc1O. The maximum Gasteiger partial charge on any atom is 0.415 e. The van der Waals surface area contributed by atoms with E-state index < -0.39 is 6.10 Å². The number of benzene rings is 2. The van der Waals surface area contributed by atoms with Crippen molar-refractivity contribution in [3.63, 3.8) is 0 Å². The first-order valence-electron chi connectivity index (χ1n) is 10.8. The zero-order valence-corrected chi connectivity index (χ0v) is 18.0. The van der Waals surface area contributed by atoms with E-state index >= 15 is 0 Å². The highest BCUT2D eigenvalue weighted by molar-refractivity contribution is 5.92. The topological polar surface area (TPSA) is 70.0 Å². The summed E-state index contributed by atoms with van der Waals surface area (Å²) in [7, 11) is 0. The highest BCUT2D eigenvalue weighted by Gasteiger charge is 2.54. The molecule has 2 aromatic rings. The molecule has 1 saturated carbocycles. The number of phenolic OH excluding ortho intramolecular Hbond substituents is 1. The maximum atomic E-state index is 12.7. The molecule has 0 aromatic heterocycles. The molecule has 1 atom stereocenters. The van der Waals surface area contributed by atoms with Crippen LogP contribution in [0.4, 0.5) is 10.5 Å². The number of hydrogen-bond donors (Lipinski definition) is 2. The first-order valence-corrected chi connectivity index (χ1v) is 10.8. The van der Waals surface area contributed by atoms with Crippen LogP contribution < -0.4 is 4.90 Å². The van der Waals surface area contributed by atoms with Gasteiger partial charge in [0, 0.05) is 12.1 Å². The fourth-order valence-corrected chi connectivity index (χ4v) is 4.29. The smallest absolute Gasteiger partial charge is 0.415 e. The predicted octanol–water partition coefficient (Wildman–Crippen LogP) is 5.58. The normalized spacial score (nSPS) is 18.1. The van der Waals surface area contributed by atoms with Crippen molar-refractivity contribution >= 4 is 11.8 Å². The molecule has 1 spiro atoms. The third-order valence-electron chi connectivity index (χ3n) is 6.61. The summed E-state index contributed by atoms with van der Waals surface area (Å²) in [6.07, 6.45) is 3.25. The number of nitrogens with zero attached hydrogens (tertiary/aromatic N) is 1. The van der Waals surface area contributed by atoms with Gasteiger partial charge >= 0.3 is 6.09 Å². The molecule has 1 aliphatic heterocycles. The molecule has 5 heteroatoms. The van der Waals surface area contributed by atoms with E-state index in [4.69, 9.17) is 4.74 Å². The van der Waals surface area contributed by atoms with Crippen molar-refractivity contribution in [2.45, 2.75) is 64.6 Å². The fourth-order valence-electron chi connectivity index (χ4n) is 4.29. The van der Waals surface area contributed by atoms with Crippen molar-refractivity contribution < 1.29 is 19.7 Å². The van der Waals surface area contributed by atoms with Crippen molar-refractivity contribution in [1.29, 1.82) is 0 Å². The summed E-state index contributed by atoms with van der Waals surface area (Å²) in [6.45, 7) is 6.76. The molecule has 1 unspecified atom stereocenters. The number of ether oxygens (including phenoxy) is 1. The van der Waals surface area contributed by atoms with Gasteiger partial charge in [0.15, 0.2) is 0 Å². The highest BCUT2D eigenvalue weighted by Crippen LogP contribution is 2.55. The second-order valence-electron chi connectivity index (χ2n) is 9.55. The second kappa shape index (κ2) is 7.62. The molecule has 0 bridgehead atoms. The van der Waals surface area contributed by atoms with Crippen LogP contribution in [-0.4, -0.2) is 22.9 Å². The molecule has 5 nitrogen and oxygen atoms in total. The molecule has 1 fully saturated rings. The van der Waals surface area contributed by atoms with Crippen LogP contribution in [0.25, 0.3) is 0 Å². The molecule has 0 radical (unpaired) electrons. The van der Waals surface area contributed by atoms with Crippen LogP contribution in [0, 0.1) is 12.3 Å². The van der Waals surface area contributed by atoms with E-state index in [1.165, 1.54) is 0 Å². The molecule has 2 aliphatic rings. The number of carbonyl (C=O) groups excluding carboxylic acids is 1. The first kappa shape index (κ1) is 20.7. The van der Waals surface area contributed by atoms with Gasteiger partial charge in [-0.05, 0) is 73.8 Å². The first-order chi connectivity index (χ1) is 14.2. The summed E-state index contributed by atoms with van der Waals surface area (Å²) in [5, 5.41) is 20.3. The van der Waals surface area contributed by atoms with E-state index in [2.05, 4.69) is 19.9 Å². The van der Waals surface area contributed by atoms with Gasteiger partial charge in [0.1, 0.15) is 11.4 Å². The molecule has 30 heavy (non-hydrogen) atoms. The lowest BCUT2D eigenvalue weighted by atomic mass is 9.82. The Hall–Kier alpha value is -2.53. The van der Waals surface area contributed by atoms with E-state index in [1.54, 1.807) is 17.0 Å². The number of fused-ring (bicyclic) bond motifs is 2. The van der Waals surface area contributed by atoms with Gasteiger partial charge in [-0.15, -0.1) is 0 Å². The second-order valence-corrected chi connectivity index (χ2v) is 9.55. The number of hydrogen-bond acceptors (Lipinski definition) is 4. The average Bonchev–Trinajstić information content (AvgIpc) is 3.48. The van der Waals surface area contributed by atoms with Crippen molar-refractivity contribution in [2.24, 2.45) is 5.41 Å². The Morgan fingerprint density at radius 3 is 2.60 bits per heavy atom. The number of amides is 1. The zero-order chi connectivity index (χ0) is 21.5. The van der Waals surface area contributed by atoms with E-state index in [1.807, 2.05) is 31.2 Å². The Bertz CT molecular complexity index is 948. The number of carbonyl (C=O) groups is 1. The van der Waals surface area contributed by atoms with Gasteiger partial charge < -0.3 is 14.9 Å². The maximum absolute atomic E-state index is 12.7. The van der Waals surface area contributed by atoms with E-state index in [9.17, 15) is 15.0 Å². The summed E-state index contributed by atoms with van der Waals surface area (Å²) in [5.41, 5.74) is 3.26. The average molecular weight is 410 g/mol. The zero-order valence-electron chi connectivity index (χ0n) is 18.0. The van der Waals surface area contributed by atoms with Gasteiger partial charge in [0.2, 0.25) is 0 Å². The van der Waals surface area contributed by atoms with E-state index in [0.29, 0.717) is 13.0 Å². The molecular weight excluding hydrogens is 378 g/mol. The number of aryl methyl sites for hydroxylation is 1. The molecule has 0 saturated heterocycles. The van der Waals surface area contributed by atoms with Crippen molar-refractivity contribution in [3.8, 4) is 5.75 Å². The summed E-state index contributed by atoms with van der Waals surface area (Å²) in [6, 6.07) is 13.3. The van der Waals surface area contributed by atoms with Crippen molar-refractivity contribution in [2.75, 3.05) is 11.4 Å². The number of rotatable bonds is 7. The molecule has 2 N–H and O–H groups in total. The molecule has 160 valence electrons. The van der Waals surface area contributed by atoms with Gasteiger partial charge in [0.05, 0.1) is 11.8 Å². The van der Waals surface area contributed by atoms with Crippen LogP contribution in [-0.2, 0) is 10.3 Å². The standard InChI is InChI=1S/C25H31NO4/c1-17-16-18(8-9-21(17)27)22(28)10-11-24(2,3)14-15-26-20-7-5-4-6-19(20)25(12-13-25)30-23(26)29/h4-9,16,22,27-28H,10-15H2,1-3H3. The minimum absolute atomic E-state index is 0.0448. The lowest BCUT2D eigenvalue weighted by Gasteiger charge is -2.36. The summed E-state index contributed by atoms with van der Waals surface area (Å²) in [5.74, 6) is 0.243. The molecule has 4 rings (SSSR count). The summed E-state index contributed by atoms with van der Waals surface area (Å²) in [4.78, 5) is 14.4. The third-order valence-corrected chi connectivity index (χ3v) is 6.61. The number of aliphatic hydroxyl groups excluding tert-OH is 1. The highest BCUT2D eigenvalue weighted by atomic mass is 16.6. The minimum atomic E-state index is -0.570. The largest absolute Gasteiger partial charge is 0.508 e. The number of para-hydroxylation sites is 1. The quantitative estimate of drug-likeness (QED) is 0.627. The predicted molar refractivity (Wildman–Crippen MR) is 117 cm³/mol. The van der Waals surface area contributed by atoms with Crippen LogP contribution in [0.15, 0.2) is 42.5 Å². The van der Waals surface area contributed by atoms with Gasteiger partial charge in [-0.2, -0.15) is 0 Å². The van der Waals surface area contributed by atoms with Gasteiger partial charge in [-0.25, -0.2) is 4.79 Å². The van der Waals surface area contributed by atoms with Crippen LogP contribution in [0.3, 0.4) is 0 Å². The molecule has 1 amide bonds. The van der Waals surface area contributed by atoms with Gasteiger partial charge in [0.25, 0.3) is 0 Å². The Balaban J connectivity index is 1.38. The van der Waals surface area contributed by atoms with Crippen LogP contribution in [0.2, 0.25) is 0 Å². The third kappa shape index (κ3) is 4.04. The van der Waals surface area contributed by atoms with Crippen molar-refractivity contribution in [3.05, 3.63) is 59.2 Å². The summed E-state index contributed by atoms with van der Waals surface area (Å²) < 4.78 is 5.79. The number of aromatic hydroxyl groups is 1. The van der Waals surface area contributed by atoms with Crippen LogP contribution in [0.5, 0.6) is 5.75 Å². The van der Waals surface area contributed by atoms with Crippen LogP contribution >= 0.6 is 0 Å². The molecule has 1 aliphatic carbocycles. The number of anilines is 1. The van der Waals surface area contributed by atoms with Gasteiger partial charge in [-0.3, -0.25) is 4.90 Å². The van der Waals surface area contributed by atoms with E-state index in [0.717, 1.165) is 48.1 Å². The van der Waals surface area contributed by atoms with E-state index in [-0.39, 0.29) is 22.9 Å². The number of phenols is 1. The summed E-state index contributed by atoms with van der Waals surface area (Å²) >= 11 is 0. The van der Waals surface area contributed by atoms with Gasteiger partial charge in [-0.1, -0.05) is 38.1 Å². The van der Waals surface area contributed by atoms with Crippen molar-refractivity contribution in [1.82, 2.24) is 0 Å². The Labute approximate surface area is 178 Å². The lowest BCUT2D eigenvalue weighted by molar-refractivity contribution is 0.0799. The molecule has 1 heterocycles. The minimum Gasteiger partial charge on any atom is -0.508 e. The monoisotopic (exact) mass is 409 g/mol. The number of aliphatic hydroxyl groups is 1. The fraction of sp³-hybridized carbons (Fsp3) is 0.480. The van der Waals surface area contributed by atoms with Crippen LogP contribution in [0.1, 0.15) is 68.7 Å². The Morgan fingerprint density at radius 1 is 1.17 bits per heavy atom.